The minimum atomic E-state index is 0.225. The van der Waals surface area contributed by atoms with Crippen molar-refractivity contribution in [3.63, 3.8) is 0 Å². The van der Waals surface area contributed by atoms with Gasteiger partial charge in [-0.15, -0.1) is 0 Å². The Bertz CT molecular complexity index is 670. The average molecular weight is 326 g/mol. The predicted molar refractivity (Wildman–Crippen MR) is 102 cm³/mol. The van der Waals surface area contributed by atoms with Gasteiger partial charge in [-0.05, 0) is 49.6 Å². The lowest BCUT2D eigenvalue weighted by Crippen LogP contribution is -2.44. The van der Waals surface area contributed by atoms with E-state index in [4.69, 9.17) is 10.5 Å². The number of benzene rings is 2. The first-order valence-electron chi connectivity index (χ1n) is 9.40. The third-order valence-electron chi connectivity index (χ3n) is 5.33. The second-order valence-electron chi connectivity index (χ2n) is 6.68. The van der Waals surface area contributed by atoms with Crippen molar-refractivity contribution in [1.82, 2.24) is 4.90 Å². The smallest absolute Gasteiger partial charge is 0.124 e. The zero-order valence-electron chi connectivity index (χ0n) is 15.0. The molecular weight excluding hydrogens is 296 g/mol. The maximum Gasteiger partial charge on any atom is 0.124 e. The van der Waals surface area contributed by atoms with Gasteiger partial charge in [-0.25, -0.2) is 0 Å². The monoisotopic (exact) mass is 326 g/mol. The molecule has 24 heavy (non-hydrogen) atoms. The van der Waals surface area contributed by atoms with Crippen molar-refractivity contribution in [3.05, 3.63) is 42.0 Å². The summed E-state index contributed by atoms with van der Waals surface area (Å²) < 4.78 is 6.01. The summed E-state index contributed by atoms with van der Waals surface area (Å²) >= 11 is 0. The molecule has 0 radical (unpaired) electrons. The second-order valence-corrected chi connectivity index (χ2v) is 6.68. The Morgan fingerprint density at radius 3 is 2.75 bits per heavy atom. The van der Waals surface area contributed by atoms with Crippen LogP contribution in [0, 0.1) is 0 Å². The van der Waals surface area contributed by atoms with Crippen LogP contribution in [0.25, 0.3) is 10.8 Å². The van der Waals surface area contributed by atoms with Crippen LogP contribution in [-0.2, 0) is 0 Å². The van der Waals surface area contributed by atoms with Gasteiger partial charge in [0.25, 0.3) is 0 Å². The molecular formula is C21H30N2O. The van der Waals surface area contributed by atoms with Crippen LogP contribution < -0.4 is 10.5 Å². The summed E-state index contributed by atoms with van der Waals surface area (Å²) in [6.07, 6.45) is 5.06. The zero-order valence-corrected chi connectivity index (χ0v) is 15.0. The lowest BCUT2D eigenvalue weighted by molar-refractivity contribution is 0.0939. The highest BCUT2D eigenvalue weighted by atomic mass is 16.5. The van der Waals surface area contributed by atoms with Crippen molar-refractivity contribution in [1.29, 1.82) is 0 Å². The summed E-state index contributed by atoms with van der Waals surface area (Å²) in [7, 11) is 0. The lowest BCUT2D eigenvalue weighted by atomic mass is 9.91. The number of ether oxygens (including phenoxy) is 1. The molecule has 1 saturated heterocycles. The summed E-state index contributed by atoms with van der Waals surface area (Å²) in [5.41, 5.74) is 7.59. The Hall–Kier alpha value is -1.58. The number of nitrogens with two attached hydrogens (primary N) is 1. The number of rotatable bonds is 6. The molecule has 2 unspecified atom stereocenters. The molecule has 2 N–H and O–H groups in total. The number of hydrogen-bond acceptors (Lipinski definition) is 3. The highest BCUT2D eigenvalue weighted by Crippen LogP contribution is 2.38. The van der Waals surface area contributed by atoms with Crippen molar-refractivity contribution in [2.24, 2.45) is 5.73 Å². The molecule has 1 fully saturated rings. The van der Waals surface area contributed by atoms with Gasteiger partial charge in [-0.2, -0.15) is 0 Å². The number of piperidine rings is 1. The van der Waals surface area contributed by atoms with Crippen LogP contribution in [0.2, 0.25) is 0 Å². The van der Waals surface area contributed by atoms with E-state index in [1.54, 1.807) is 0 Å². The maximum absolute atomic E-state index is 6.31. The Balaban J connectivity index is 2.11. The summed E-state index contributed by atoms with van der Waals surface area (Å²) in [5.74, 6) is 0.993. The standard InChI is InChI=1S/C21H30N2O/c1-3-17-10-7-8-14-23(17)19(15-22)21-18-11-6-5-9-16(18)12-13-20(21)24-4-2/h5-6,9,11-13,17,19H,3-4,7-8,10,14-15,22H2,1-2H3. The highest BCUT2D eigenvalue weighted by molar-refractivity contribution is 5.88. The fraction of sp³-hybridized carbons (Fsp3) is 0.524. The van der Waals surface area contributed by atoms with Crippen LogP contribution in [0.15, 0.2) is 36.4 Å². The molecule has 1 aliphatic rings. The molecule has 130 valence electrons. The fourth-order valence-electron chi connectivity index (χ4n) is 4.19. The van der Waals surface area contributed by atoms with Gasteiger partial charge in [0.2, 0.25) is 0 Å². The number of hydrogen-bond donors (Lipinski definition) is 1. The van der Waals surface area contributed by atoms with Gasteiger partial charge >= 0.3 is 0 Å². The summed E-state index contributed by atoms with van der Waals surface area (Å²) in [6.45, 7) is 6.79. The van der Waals surface area contributed by atoms with Crippen LogP contribution in [0.1, 0.15) is 51.1 Å². The normalized spacial score (nSPS) is 20.2. The van der Waals surface area contributed by atoms with E-state index >= 15 is 0 Å². The van der Waals surface area contributed by atoms with Crippen LogP contribution in [0.4, 0.5) is 0 Å². The zero-order chi connectivity index (χ0) is 16.9. The van der Waals surface area contributed by atoms with Crippen LogP contribution in [0.5, 0.6) is 5.75 Å². The van der Waals surface area contributed by atoms with E-state index in [0.29, 0.717) is 19.2 Å². The summed E-state index contributed by atoms with van der Waals surface area (Å²) in [4.78, 5) is 2.63. The SMILES string of the molecule is CCOc1ccc2ccccc2c1C(CN)N1CCCCC1CC. The van der Waals surface area contributed by atoms with Crippen molar-refractivity contribution in [2.45, 2.75) is 51.6 Å². The van der Waals surface area contributed by atoms with Gasteiger partial charge in [-0.1, -0.05) is 43.7 Å². The van der Waals surface area contributed by atoms with Crippen LogP contribution >= 0.6 is 0 Å². The van der Waals surface area contributed by atoms with Gasteiger partial charge in [0, 0.05) is 18.2 Å². The van der Waals surface area contributed by atoms with Gasteiger partial charge in [0.05, 0.1) is 12.6 Å². The van der Waals surface area contributed by atoms with Gasteiger partial charge in [0.15, 0.2) is 0 Å². The Morgan fingerprint density at radius 2 is 2.00 bits per heavy atom. The first-order valence-corrected chi connectivity index (χ1v) is 9.40. The molecule has 1 aliphatic heterocycles. The molecule has 3 heteroatoms. The van der Waals surface area contributed by atoms with E-state index in [2.05, 4.69) is 48.2 Å². The van der Waals surface area contributed by atoms with Crippen LogP contribution in [-0.4, -0.2) is 30.6 Å². The van der Waals surface area contributed by atoms with Gasteiger partial charge < -0.3 is 10.5 Å². The minimum Gasteiger partial charge on any atom is -0.494 e. The molecule has 0 aromatic heterocycles. The summed E-state index contributed by atoms with van der Waals surface area (Å²) in [5, 5.41) is 2.54. The van der Waals surface area contributed by atoms with Crippen molar-refractivity contribution < 1.29 is 4.74 Å². The molecule has 0 spiro atoms. The Morgan fingerprint density at radius 1 is 1.17 bits per heavy atom. The van der Waals surface area contributed by atoms with E-state index in [1.807, 2.05) is 6.92 Å². The Labute approximate surface area is 145 Å². The molecule has 2 atom stereocenters. The number of likely N-dealkylation sites (tertiary alicyclic amines) is 1. The van der Waals surface area contributed by atoms with E-state index < -0.39 is 0 Å². The molecule has 2 aromatic carbocycles. The quantitative estimate of drug-likeness (QED) is 0.849. The fourth-order valence-corrected chi connectivity index (χ4v) is 4.19. The van der Waals surface area contributed by atoms with Crippen molar-refractivity contribution >= 4 is 10.8 Å². The third-order valence-corrected chi connectivity index (χ3v) is 5.33. The topological polar surface area (TPSA) is 38.5 Å². The molecule has 3 nitrogen and oxygen atoms in total. The molecule has 3 rings (SSSR count). The lowest BCUT2D eigenvalue weighted by Gasteiger charge is -2.41. The van der Waals surface area contributed by atoms with E-state index in [9.17, 15) is 0 Å². The predicted octanol–water partition coefficient (Wildman–Crippen LogP) is 4.50. The van der Waals surface area contributed by atoms with Crippen molar-refractivity contribution in [3.8, 4) is 5.75 Å². The minimum absolute atomic E-state index is 0.225. The number of nitrogens with zero attached hydrogens (tertiary/aromatic N) is 1. The highest BCUT2D eigenvalue weighted by Gasteiger charge is 2.30. The van der Waals surface area contributed by atoms with Gasteiger partial charge in [0.1, 0.15) is 5.75 Å². The number of fused-ring (bicyclic) bond motifs is 1. The van der Waals surface area contributed by atoms with E-state index in [-0.39, 0.29) is 6.04 Å². The third kappa shape index (κ3) is 3.28. The maximum atomic E-state index is 6.31. The first-order chi connectivity index (χ1) is 11.8. The molecule has 1 heterocycles. The first kappa shape index (κ1) is 17.2. The molecule has 0 aliphatic carbocycles. The second kappa shape index (κ2) is 8.00. The molecule has 2 aromatic rings. The Kier molecular flexibility index (Phi) is 5.75. The molecule has 0 amide bonds. The largest absolute Gasteiger partial charge is 0.494 e. The van der Waals surface area contributed by atoms with Gasteiger partial charge in [-0.3, -0.25) is 4.90 Å². The van der Waals surface area contributed by atoms with Crippen LogP contribution in [0.3, 0.4) is 0 Å². The van der Waals surface area contributed by atoms with E-state index in [1.165, 1.54) is 42.0 Å². The average Bonchev–Trinajstić information content (AvgIpc) is 2.64. The molecule has 0 saturated carbocycles. The summed E-state index contributed by atoms with van der Waals surface area (Å²) in [6, 6.07) is 13.7. The van der Waals surface area contributed by atoms with Crippen molar-refractivity contribution in [2.75, 3.05) is 19.7 Å². The molecule has 0 bridgehead atoms. The van der Waals surface area contributed by atoms with E-state index in [0.717, 1.165) is 12.3 Å².